The van der Waals surface area contributed by atoms with Crippen LogP contribution in [0.25, 0.3) is 0 Å². The number of rotatable bonds is 3. The molecule has 2 fully saturated rings. The fraction of sp³-hybridized carbons (Fsp3) is 0.900. The van der Waals surface area contributed by atoms with Gasteiger partial charge in [-0.3, -0.25) is 4.79 Å². The van der Waals surface area contributed by atoms with E-state index < -0.39 is 0 Å². The molecule has 2 rings (SSSR count). The SMILES string of the molecule is NC(=O)C1CC(CC2CC2)CCN1. The molecule has 1 aliphatic heterocycles. The topological polar surface area (TPSA) is 55.1 Å². The number of amides is 1. The van der Waals surface area contributed by atoms with Gasteiger partial charge in [0, 0.05) is 0 Å². The second-order valence-electron chi connectivity index (χ2n) is 4.48. The Hall–Kier alpha value is -0.570. The second kappa shape index (κ2) is 3.66. The smallest absolute Gasteiger partial charge is 0.234 e. The van der Waals surface area contributed by atoms with Gasteiger partial charge in [0.2, 0.25) is 5.91 Å². The largest absolute Gasteiger partial charge is 0.368 e. The Balaban J connectivity index is 1.80. The maximum Gasteiger partial charge on any atom is 0.234 e. The van der Waals surface area contributed by atoms with Crippen molar-refractivity contribution in [2.24, 2.45) is 17.6 Å². The summed E-state index contributed by atoms with van der Waals surface area (Å²) in [7, 11) is 0. The van der Waals surface area contributed by atoms with Crippen LogP contribution in [0.1, 0.15) is 32.1 Å². The normalized spacial score (nSPS) is 34.5. The van der Waals surface area contributed by atoms with Gasteiger partial charge in [-0.2, -0.15) is 0 Å². The molecule has 74 valence electrons. The van der Waals surface area contributed by atoms with Crippen LogP contribution in [0.2, 0.25) is 0 Å². The molecule has 0 bridgehead atoms. The molecule has 1 saturated carbocycles. The lowest BCUT2D eigenvalue weighted by atomic mass is 9.88. The summed E-state index contributed by atoms with van der Waals surface area (Å²) in [6.07, 6.45) is 6.33. The molecular weight excluding hydrogens is 164 g/mol. The van der Waals surface area contributed by atoms with Crippen molar-refractivity contribution in [3.05, 3.63) is 0 Å². The number of hydrogen-bond donors (Lipinski definition) is 2. The third-order valence-electron chi connectivity index (χ3n) is 3.22. The molecule has 1 saturated heterocycles. The van der Waals surface area contributed by atoms with Crippen LogP contribution < -0.4 is 11.1 Å². The van der Waals surface area contributed by atoms with Gasteiger partial charge in [-0.05, 0) is 37.6 Å². The summed E-state index contributed by atoms with van der Waals surface area (Å²) in [5, 5.41) is 3.17. The molecule has 2 atom stereocenters. The molecule has 2 unspecified atom stereocenters. The van der Waals surface area contributed by atoms with Crippen LogP contribution in [0.15, 0.2) is 0 Å². The van der Waals surface area contributed by atoms with E-state index in [4.69, 9.17) is 5.73 Å². The van der Waals surface area contributed by atoms with Gasteiger partial charge in [-0.15, -0.1) is 0 Å². The van der Waals surface area contributed by atoms with Crippen molar-refractivity contribution >= 4 is 5.91 Å². The van der Waals surface area contributed by atoms with E-state index >= 15 is 0 Å². The monoisotopic (exact) mass is 182 g/mol. The number of nitrogens with two attached hydrogens (primary N) is 1. The van der Waals surface area contributed by atoms with Crippen LogP contribution in [0.4, 0.5) is 0 Å². The van der Waals surface area contributed by atoms with Crippen molar-refractivity contribution in [1.29, 1.82) is 0 Å². The van der Waals surface area contributed by atoms with Crippen LogP contribution in [0, 0.1) is 11.8 Å². The van der Waals surface area contributed by atoms with Crippen molar-refractivity contribution < 1.29 is 4.79 Å². The zero-order valence-electron chi connectivity index (χ0n) is 7.96. The fourth-order valence-corrected chi connectivity index (χ4v) is 2.25. The highest BCUT2D eigenvalue weighted by atomic mass is 16.1. The van der Waals surface area contributed by atoms with Crippen LogP contribution in [0.5, 0.6) is 0 Å². The Morgan fingerprint density at radius 1 is 1.31 bits per heavy atom. The van der Waals surface area contributed by atoms with Gasteiger partial charge in [0.05, 0.1) is 6.04 Å². The van der Waals surface area contributed by atoms with Gasteiger partial charge in [0.1, 0.15) is 0 Å². The Bertz CT molecular complexity index is 201. The number of nitrogens with one attached hydrogen (secondary N) is 1. The number of carbonyl (C=O) groups is 1. The van der Waals surface area contributed by atoms with Gasteiger partial charge < -0.3 is 11.1 Å². The summed E-state index contributed by atoms with van der Waals surface area (Å²) in [5.41, 5.74) is 5.27. The van der Waals surface area contributed by atoms with E-state index in [9.17, 15) is 4.79 Å². The van der Waals surface area contributed by atoms with Gasteiger partial charge in [0.25, 0.3) is 0 Å². The van der Waals surface area contributed by atoms with E-state index in [1.165, 1.54) is 25.7 Å². The summed E-state index contributed by atoms with van der Waals surface area (Å²) in [6.45, 7) is 0.963. The molecule has 0 aromatic heterocycles. The average Bonchev–Trinajstić information content (AvgIpc) is 2.89. The highest BCUT2D eigenvalue weighted by molar-refractivity contribution is 5.79. The van der Waals surface area contributed by atoms with E-state index in [1.807, 2.05) is 0 Å². The molecule has 3 nitrogen and oxygen atoms in total. The number of carbonyl (C=O) groups excluding carboxylic acids is 1. The van der Waals surface area contributed by atoms with Crippen molar-refractivity contribution in [2.45, 2.75) is 38.1 Å². The van der Waals surface area contributed by atoms with Crippen molar-refractivity contribution in [3.63, 3.8) is 0 Å². The lowest BCUT2D eigenvalue weighted by molar-refractivity contribution is -0.120. The molecule has 0 aromatic carbocycles. The predicted octanol–water partition coefficient (Wildman–Crippen LogP) is 0.640. The Kier molecular flexibility index (Phi) is 2.54. The van der Waals surface area contributed by atoms with E-state index in [-0.39, 0.29) is 11.9 Å². The van der Waals surface area contributed by atoms with Crippen LogP contribution in [-0.2, 0) is 4.79 Å². The van der Waals surface area contributed by atoms with Crippen molar-refractivity contribution in [2.75, 3.05) is 6.54 Å². The van der Waals surface area contributed by atoms with E-state index in [1.54, 1.807) is 0 Å². The predicted molar refractivity (Wildman–Crippen MR) is 51.1 cm³/mol. The first-order valence-electron chi connectivity index (χ1n) is 5.28. The van der Waals surface area contributed by atoms with Crippen LogP contribution in [0.3, 0.4) is 0 Å². The molecule has 2 aliphatic rings. The molecule has 3 heteroatoms. The molecule has 13 heavy (non-hydrogen) atoms. The summed E-state index contributed by atoms with van der Waals surface area (Å²) >= 11 is 0. The zero-order chi connectivity index (χ0) is 9.26. The summed E-state index contributed by atoms with van der Waals surface area (Å²) < 4.78 is 0. The molecule has 1 aliphatic carbocycles. The maximum atomic E-state index is 11.0. The summed E-state index contributed by atoms with van der Waals surface area (Å²) in [4.78, 5) is 11.0. The standard InChI is InChI=1S/C10H18N2O/c11-10(13)9-6-8(3-4-12-9)5-7-1-2-7/h7-9,12H,1-6H2,(H2,11,13). The minimum Gasteiger partial charge on any atom is -0.368 e. The first-order chi connectivity index (χ1) is 6.25. The number of hydrogen-bond acceptors (Lipinski definition) is 2. The quantitative estimate of drug-likeness (QED) is 0.673. The molecule has 3 N–H and O–H groups in total. The maximum absolute atomic E-state index is 11.0. The Morgan fingerprint density at radius 2 is 2.08 bits per heavy atom. The van der Waals surface area contributed by atoms with Crippen molar-refractivity contribution in [3.8, 4) is 0 Å². The van der Waals surface area contributed by atoms with E-state index in [0.717, 1.165) is 24.8 Å². The Labute approximate surface area is 79.1 Å². The van der Waals surface area contributed by atoms with E-state index in [0.29, 0.717) is 0 Å². The first-order valence-corrected chi connectivity index (χ1v) is 5.28. The summed E-state index contributed by atoms with van der Waals surface area (Å²) in [6, 6.07) is -0.0579. The zero-order valence-corrected chi connectivity index (χ0v) is 7.96. The van der Waals surface area contributed by atoms with Crippen molar-refractivity contribution in [1.82, 2.24) is 5.32 Å². The second-order valence-corrected chi connectivity index (χ2v) is 4.48. The Morgan fingerprint density at radius 3 is 2.69 bits per heavy atom. The fourth-order valence-electron chi connectivity index (χ4n) is 2.25. The molecule has 0 spiro atoms. The van der Waals surface area contributed by atoms with Gasteiger partial charge in [-0.1, -0.05) is 12.8 Å². The van der Waals surface area contributed by atoms with Crippen LogP contribution in [-0.4, -0.2) is 18.5 Å². The van der Waals surface area contributed by atoms with Gasteiger partial charge >= 0.3 is 0 Å². The third-order valence-corrected chi connectivity index (χ3v) is 3.22. The minimum absolute atomic E-state index is 0.0579. The molecule has 1 heterocycles. The first kappa shape index (κ1) is 9.00. The lowest BCUT2D eigenvalue weighted by Gasteiger charge is -2.28. The van der Waals surface area contributed by atoms with E-state index in [2.05, 4.69) is 5.32 Å². The molecular formula is C10H18N2O. The molecule has 0 aromatic rings. The van der Waals surface area contributed by atoms with Gasteiger partial charge in [0.15, 0.2) is 0 Å². The highest BCUT2D eigenvalue weighted by Crippen LogP contribution is 2.38. The van der Waals surface area contributed by atoms with Crippen LogP contribution >= 0.6 is 0 Å². The third kappa shape index (κ3) is 2.44. The molecule has 0 radical (unpaired) electrons. The number of piperidine rings is 1. The minimum atomic E-state index is -0.180. The average molecular weight is 182 g/mol. The highest BCUT2D eigenvalue weighted by Gasteiger charge is 2.30. The lowest BCUT2D eigenvalue weighted by Crippen LogP contribution is -2.46. The molecule has 1 amide bonds. The summed E-state index contributed by atoms with van der Waals surface area (Å²) in [5.74, 6) is 1.53. The number of primary amides is 1. The van der Waals surface area contributed by atoms with Gasteiger partial charge in [-0.25, -0.2) is 0 Å².